The van der Waals surface area contributed by atoms with Crippen LogP contribution < -0.4 is 14.4 Å². The van der Waals surface area contributed by atoms with E-state index in [0.29, 0.717) is 23.9 Å². The smallest absolute Gasteiger partial charge is 0.240 e. The summed E-state index contributed by atoms with van der Waals surface area (Å²) in [5.74, 6) is 0.641. The van der Waals surface area contributed by atoms with E-state index in [0.717, 1.165) is 34.4 Å². The maximum Gasteiger partial charge on any atom is 0.240 e. The summed E-state index contributed by atoms with van der Waals surface area (Å²) in [4.78, 5) is 15.6. The van der Waals surface area contributed by atoms with Crippen LogP contribution in [0.15, 0.2) is 88.5 Å². The molecule has 39 heavy (non-hydrogen) atoms. The number of hydrogen-bond acceptors (Lipinski definition) is 5. The molecule has 6 nitrogen and oxygen atoms in total. The van der Waals surface area contributed by atoms with Crippen molar-refractivity contribution in [1.29, 1.82) is 0 Å². The molecule has 4 rings (SSSR count). The van der Waals surface area contributed by atoms with Gasteiger partial charge < -0.3 is 9.64 Å². The van der Waals surface area contributed by atoms with Gasteiger partial charge in [0, 0.05) is 22.8 Å². The molecule has 0 bridgehead atoms. The largest absolute Gasteiger partial charge is 0.493 e. The molecule has 0 aliphatic heterocycles. The van der Waals surface area contributed by atoms with Crippen molar-refractivity contribution >= 4 is 44.6 Å². The Hall–Kier alpha value is -3.17. The lowest BCUT2D eigenvalue weighted by Crippen LogP contribution is -2.32. The summed E-state index contributed by atoms with van der Waals surface area (Å²) in [6, 6.07) is 21.8. The maximum atomic E-state index is 13.7. The van der Waals surface area contributed by atoms with Crippen molar-refractivity contribution < 1.29 is 17.9 Å². The molecule has 0 saturated heterocycles. The first-order chi connectivity index (χ1) is 18.8. The number of carbonyl (C=O) groups excluding carboxylic acids is 1. The minimum atomic E-state index is -3.54. The lowest BCUT2D eigenvalue weighted by Gasteiger charge is -2.25. The minimum absolute atomic E-state index is 0.0564. The van der Waals surface area contributed by atoms with Gasteiger partial charge in [-0.1, -0.05) is 49.7 Å². The zero-order valence-electron chi connectivity index (χ0n) is 21.9. The van der Waals surface area contributed by atoms with Crippen LogP contribution in [0.5, 0.6) is 5.75 Å². The Balaban J connectivity index is 1.69. The monoisotopic (exact) mass is 582 g/mol. The van der Waals surface area contributed by atoms with Gasteiger partial charge in [-0.05, 0) is 82.4 Å². The van der Waals surface area contributed by atoms with E-state index in [1.54, 1.807) is 53.5 Å². The standard InChI is InChI=1S/C30H31ClN2O4S2/c1-3-15-37-29-13-10-26(31)18-25(29)20-33(30(34)17-22-14-16-38-21-22)27-7-5-6-24(19-27)23-8-11-28(12-9-23)39(35,36)32-4-2/h5-14,16,18-19,21,32H,3-4,15,17,20H2,1-2H3. The topological polar surface area (TPSA) is 75.7 Å². The van der Waals surface area contributed by atoms with Gasteiger partial charge in [0.2, 0.25) is 15.9 Å². The van der Waals surface area contributed by atoms with E-state index in [1.807, 2.05) is 60.1 Å². The predicted octanol–water partition coefficient (Wildman–Crippen LogP) is 6.93. The molecule has 4 aromatic rings. The number of nitrogens with one attached hydrogen (secondary N) is 1. The third-order valence-electron chi connectivity index (χ3n) is 6.04. The summed E-state index contributed by atoms with van der Waals surface area (Å²) < 4.78 is 33.2. The molecule has 0 radical (unpaired) electrons. The van der Waals surface area contributed by atoms with Gasteiger partial charge in [0.1, 0.15) is 5.75 Å². The van der Waals surface area contributed by atoms with Crippen molar-refractivity contribution in [1.82, 2.24) is 4.72 Å². The number of thiophene rings is 1. The van der Waals surface area contributed by atoms with Crippen LogP contribution in [0.4, 0.5) is 5.69 Å². The van der Waals surface area contributed by atoms with Crippen LogP contribution in [-0.2, 0) is 27.8 Å². The Kier molecular flexibility index (Phi) is 9.80. The second kappa shape index (κ2) is 13.3. The average Bonchev–Trinajstić information content (AvgIpc) is 3.44. The molecule has 0 aliphatic carbocycles. The lowest BCUT2D eigenvalue weighted by atomic mass is 10.0. The molecule has 1 amide bonds. The molecule has 1 aromatic heterocycles. The molecule has 0 aliphatic rings. The molecule has 0 saturated carbocycles. The normalized spacial score (nSPS) is 11.4. The average molecular weight is 583 g/mol. The second-order valence-corrected chi connectivity index (χ2v) is 11.9. The Morgan fingerprint density at radius 2 is 1.79 bits per heavy atom. The predicted molar refractivity (Wildman–Crippen MR) is 159 cm³/mol. The zero-order chi connectivity index (χ0) is 27.8. The number of amides is 1. The number of benzene rings is 3. The van der Waals surface area contributed by atoms with E-state index in [2.05, 4.69) is 4.72 Å². The Morgan fingerprint density at radius 3 is 2.49 bits per heavy atom. The summed E-state index contributed by atoms with van der Waals surface area (Å²) in [6.07, 6.45) is 1.12. The van der Waals surface area contributed by atoms with E-state index in [4.69, 9.17) is 16.3 Å². The molecule has 0 atom stereocenters. The molecule has 9 heteroatoms. The molecule has 0 fully saturated rings. The highest BCUT2D eigenvalue weighted by atomic mass is 35.5. The van der Waals surface area contributed by atoms with E-state index >= 15 is 0 Å². The number of anilines is 1. The van der Waals surface area contributed by atoms with E-state index < -0.39 is 10.0 Å². The van der Waals surface area contributed by atoms with E-state index in [1.165, 1.54) is 0 Å². The van der Waals surface area contributed by atoms with Gasteiger partial charge in [-0.25, -0.2) is 13.1 Å². The van der Waals surface area contributed by atoms with Gasteiger partial charge in [-0.2, -0.15) is 11.3 Å². The van der Waals surface area contributed by atoms with Crippen molar-refractivity contribution in [2.24, 2.45) is 0 Å². The molecule has 0 spiro atoms. The van der Waals surface area contributed by atoms with Crippen molar-refractivity contribution in [3.63, 3.8) is 0 Å². The Morgan fingerprint density at radius 1 is 1.00 bits per heavy atom. The van der Waals surface area contributed by atoms with Gasteiger partial charge in [-0.3, -0.25) is 4.79 Å². The SMILES string of the molecule is CCCOc1ccc(Cl)cc1CN(C(=O)Cc1ccsc1)c1cccc(-c2ccc(S(=O)(=O)NCC)cc2)c1. The highest BCUT2D eigenvalue weighted by Crippen LogP contribution is 2.30. The van der Waals surface area contributed by atoms with Gasteiger partial charge in [-0.15, -0.1) is 0 Å². The third kappa shape index (κ3) is 7.48. The fourth-order valence-corrected chi connectivity index (χ4v) is 6.04. The molecule has 3 aromatic carbocycles. The Bertz CT molecular complexity index is 1500. The summed E-state index contributed by atoms with van der Waals surface area (Å²) in [6.45, 7) is 4.95. The van der Waals surface area contributed by atoms with Crippen molar-refractivity contribution in [2.75, 3.05) is 18.1 Å². The summed E-state index contributed by atoms with van der Waals surface area (Å²) >= 11 is 7.90. The van der Waals surface area contributed by atoms with Gasteiger partial charge in [0.25, 0.3) is 0 Å². The number of ether oxygens (including phenoxy) is 1. The first kappa shape index (κ1) is 28.8. The number of halogens is 1. The molecular weight excluding hydrogens is 552 g/mol. The zero-order valence-corrected chi connectivity index (χ0v) is 24.3. The van der Waals surface area contributed by atoms with Gasteiger partial charge in [0.15, 0.2) is 0 Å². The highest BCUT2D eigenvalue weighted by molar-refractivity contribution is 7.89. The third-order valence-corrected chi connectivity index (χ3v) is 8.57. The molecule has 1 heterocycles. The van der Waals surface area contributed by atoms with Crippen LogP contribution in [0.3, 0.4) is 0 Å². The van der Waals surface area contributed by atoms with Crippen molar-refractivity contribution in [2.45, 2.75) is 38.1 Å². The van der Waals surface area contributed by atoms with E-state index in [9.17, 15) is 13.2 Å². The molecule has 0 unspecified atom stereocenters. The van der Waals surface area contributed by atoms with Crippen LogP contribution in [0, 0.1) is 0 Å². The summed E-state index contributed by atoms with van der Waals surface area (Å²) in [5.41, 5.74) is 4.20. The van der Waals surface area contributed by atoms with Gasteiger partial charge in [0.05, 0.1) is 24.5 Å². The fourth-order valence-electron chi connectivity index (χ4n) is 4.13. The quantitative estimate of drug-likeness (QED) is 0.196. The molecule has 204 valence electrons. The number of rotatable bonds is 12. The maximum absolute atomic E-state index is 13.7. The van der Waals surface area contributed by atoms with Crippen LogP contribution in [0.2, 0.25) is 5.02 Å². The molecular formula is C30H31ClN2O4S2. The fraction of sp³-hybridized carbons (Fsp3) is 0.233. The van der Waals surface area contributed by atoms with Crippen LogP contribution in [0.1, 0.15) is 31.4 Å². The van der Waals surface area contributed by atoms with Crippen molar-refractivity contribution in [3.8, 4) is 16.9 Å². The van der Waals surface area contributed by atoms with Crippen molar-refractivity contribution in [3.05, 3.63) is 99.7 Å². The summed E-state index contributed by atoms with van der Waals surface area (Å²) in [5, 5.41) is 4.51. The number of nitrogens with zero attached hydrogens (tertiary/aromatic N) is 1. The first-order valence-corrected chi connectivity index (χ1v) is 15.5. The van der Waals surface area contributed by atoms with Gasteiger partial charge >= 0.3 is 0 Å². The molecule has 1 N–H and O–H groups in total. The Labute approximate surface area is 239 Å². The van der Waals surface area contributed by atoms with Crippen LogP contribution in [-0.4, -0.2) is 27.5 Å². The summed E-state index contributed by atoms with van der Waals surface area (Å²) in [7, 11) is -3.54. The minimum Gasteiger partial charge on any atom is -0.493 e. The number of sulfonamides is 1. The number of carbonyl (C=O) groups is 1. The van der Waals surface area contributed by atoms with E-state index in [-0.39, 0.29) is 23.8 Å². The van der Waals surface area contributed by atoms with Crippen LogP contribution in [0.25, 0.3) is 11.1 Å². The second-order valence-electron chi connectivity index (χ2n) is 8.96. The van der Waals surface area contributed by atoms with Crippen LogP contribution >= 0.6 is 22.9 Å². The number of hydrogen-bond donors (Lipinski definition) is 1. The lowest BCUT2D eigenvalue weighted by molar-refractivity contribution is -0.118. The highest BCUT2D eigenvalue weighted by Gasteiger charge is 2.20. The first-order valence-electron chi connectivity index (χ1n) is 12.7.